The molecule has 1 aromatic heterocycles. The molecule has 4 heteroatoms. The van der Waals surface area contributed by atoms with Crippen LogP contribution in [0, 0.1) is 5.82 Å². The second-order valence-corrected chi connectivity index (χ2v) is 4.57. The van der Waals surface area contributed by atoms with Crippen LogP contribution in [-0.2, 0) is 12.8 Å². The number of H-pyrrole nitrogens is 1. The Kier molecular flexibility index (Phi) is 2.70. The first kappa shape index (κ1) is 11.1. The lowest BCUT2D eigenvalue weighted by Crippen LogP contribution is -2.21. The van der Waals surface area contributed by atoms with Crippen LogP contribution in [0.3, 0.4) is 0 Å². The molecule has 0 spiro atoms. The highest BCUT2D eigenvalue weighted by atomic mass is 19.1. The van der Waals surface area contributed by atoms with Gasteiger partial charge in [-0.05, 0) is 55.5 Å². The van der Waals surface area contributed by atoms with Crippen molar-refractivity contribution in [1.29, 1.82) is 0 Å². The number of halogens is 1. The molecular weight excluding hydrogens is 231 g/mol. The summed E-state index contributed by atoms with van der Waals surface area (Å²) >= 11 is 0. The highest BCUT2D eigenvalue weighted by Crippen LogP contribution is 2.27. The average molecular weight is 244 g/mol. The minimum atomic E-state index is -0.267. The highest BCUT2D eigenvalue weighted by molar-refractivity contribution is 5.64. The fourth-order valence-electron chi connectivity index (χ4n) is 2.51. The Morgan fingerprint density at radius 2 is 1.72 bits per heavy atom. The molecular formula is C14H13FN2O. The van der Waals surface area contributed by atoms with E-state index in [0.717, 1.165) is 48.1 Å². The third kappa shape index (κ3) is 1.83. The number of fused-ring (bicyclic) bond motifs is 1. The molecule has 1 aliphatic carbocycles. The van der Waals surface area contributed by atoms with Crippen LogP contribution in [0.25, 0.3) is 11.3 Å². The van der Waals surface area contributed by atoms with Gasteiger partial charge in [-0.3, -0.25) is 4.79 Å². The average Bonchev–Trinajstić information content (AvgIpc) is 2.41. The molecule has 3 rings (SSSR count). The fraction of sp³-hybridized carbons (Fsp3) is 0.286. The molecule has 1 N–H and O–H groups in total. The van der Waals surface area contributed by atoms with Gasteiger partial charge in [0.1, 0.15) is 5.82 Å². The molecule has 1 aliphatic rings. The molecule has 0 amide bonds. The molecule has 1 aromatic carbocycles. The van der Waals surface area contributed by atoms with Crippen LogP contribution in [-0.4, -0.2) is 10.2 Å². The zero-order valence-electron chi connectivity index (χ0n) is 9.87. The Bertz CT molecular complexity index is 631. The first-order valence-corrected chi connectivity index (χ1v) is 6.12. The van der Waals surface area contributed by atoms with Crippen molar-refractivity contribution in [3.8, 4) is 11.3 Å². The van der Waals surface area contributed by atoms with Crippen molar-refractivity contribution in [2.24, 2.45) is 0 Å². The van der Waals surface area contributed by atoms with Crippen molar-refractivity contribution in [3.05, 3.63) is 51.6 Å². The minimum Gasteiger partial charge on any atom is -0.268 e. The number of hydrogen-bond acceptors (Lipinski definition) is 2. The van der Waals surface area contributed by atoms with Crippen LogP contribution in [0.5, 0.6) is 0 Å². The van der Waals surface area contributed by atoms with E-state index in [4.69, 9.17) is 0 Å². The van der Waals surface area contributed by atoms with Gasteiger partial charge in [0.15, 0.2) is 0 Å². The van der Waals surface area contributed by atoms with Gasteiger partial charge in [0.05, 0.1) is 5.69 Å². The van der Waals surface area contributed by atoms with E-state index < -0.39 is 0 Å². The van der Waals surface area contributed by atoms with Gasteiger partial charge in [-0.25, -0.2) is 9.49 Å². The molecule has 18 heavy (non-hydrogen) atoms. The molecule has 0 saturated carbocycles. The van der Waals surface area contributed by atoms with Crippen LogP contribution in [0.2, 0.25) is 0 Å². The lowest BCUT2D eigenvalue weighted by Gasteiger charge is -2.17. The Balaban J connectivity index is 2.18. The Labute approximate surface area is 104 Å². The molecule has 0 fully saturated rings. The molecule has 1 heterocycles. The second-order valence-electron chi connectivity index (χ2n) is 4.57. The maximum Gasteiger partial charge on any atom is 0.267 e. The number of aromatic amines is 1. The lowest BCUT2D eigenvalue weighted by molar-refractivity contribution is 0.628. The summed E-state index contributed by atoms with van der Waals surface area (Å²) in [5, 5.41) is 6.67. The van der Waals surface area contributed by atoms with Gasteiger partial charge in [-0.2, -0.15) is 5.10 Å². The molecule has 0 bridgehead atoms. The van der Waals surface area contributed by atoms with Crippen molar-refractivity contribution < 1.29 is 4.39 Å². The van der Waals surface area contributed by atoms with Crippen molar-refractivity contribution in [3.63, 3.8) is 0 Å². The van der Waals surface area contributed by atoms with Gasteiger partial charge >= 0.3 is 0 Å². The number of nitrogens with one attached hydrogen (secondary N) is 1. The normalized spacial score (nSPS) is 14.3. The van der Waals surface area contributed by atoms with E-state index >= 15 is 0 Å². The van der Waals surface area contributed by atoms with E-state index in [1.165, 1.54) is 12.1 Å². The zero-order chi connectivity index (χ0) is 12.5. The van der Waals surface area contributed by atoms with Crippen molar-refractivity contribution >= 4 is 0 Å². The summed E-state index contributed by atoms with van der Waals surface area (Å²) in [4.78, 5) is 11.7. The smallest absolute Gasteiger partial charge is 0.267 e. The first-order valence-electron chi connectivity index (χ1n) is 6.12. The second kappa shape index (κ2) is 4.37. The summed E-state index contributed by atoms with van der Waals surface area (Å²) in [5.74, 6) is -0.267. The lowest BCUT2D eigenvalue weighted by atomic mass is 9.90. The summed E-state index contributed by atoms with van der Waals surface area (Å²) in [6.45, 7) is 0. The molecule has 92 valence electrons. The summed E-state index contributed by atoms with van der Waals surface area (Å²) < 4.78 is 12.9. The van der Waals surface area contributed by atoms with E-state index in [2.05, 4.69) is 10.2 Å². The summed E-state index contributed by atoms with van der Waals surface area (Å²) in [5.41, 5.74) is 3.41. The maximum absolute atomic E-state index is 12.9. The van der Waals surface area contributed by atoms with Gasteiger partial charge in [0.2, 0.25) is 0 Å². The van der Waals surface area contributed by atoms with Gasteiger partial charge in [0, 0.05) is 11.1 Å². The predicted octanol–water partition coefficient (Wildman–Crippen LogP) is 2.45. The summed E-state index contributed by atoms with van der Waals surface area (Å²) in [6, 6.07) is 6.23. The van der Waals surface area contributed by atoms with Crippen LogP contribution in [0.15, 0.2) is 29.1 Å². The van der Waals surface area contributed by atoms with Gasteiger partial charge in [0.25, 0.3) is 5.56 Å². The fourth-order valence-corrected chi connectivity index (χ4v) is 2.51. The van der Waals surface area contributed by atoms with Crippen molar-refractivity contribution in [2.45, 2.75) is 25.7 Å². The SMILES string of the molecule is O=c1[nH]nc(-c2ccc(F)cc2)c2c1CCCC2. The number of benzene rings is 1. The minimum absolute atomic E-state index is 0.0874. The number of nitrogens with zero attached hydrogens (tertiary/aromatic N) is 1. The van der Waals surface area contributed by atoms with Gasteiger partial charge < -0.3 is 0 Å². The van der Waals surface area contributed by atoms with Crippen LogP contribution >= 0.6 is 0 Å². The van der Waals surface area contributed by atoms with Crippen LogP contribution < -0.4 is 5.56 Å². The molecule has 2 aromatic rings. The molecule has 0 aliphatic heterocycles. The molecule has 0 unspecified atom stereocenters. The third-order valence-corrected chi connectivity index (χ3v) is 3.41. The topological polar surface area (TPSA) is 45.8 Å². The van der Waals surface area contributed by atoms with E-state index in [0.29, 0.717) is 0 Å². The maximum atomic E-state index is 12.9. The Hall–Kier alpha value is -1.97. The van der Waals surface area contributed by atoms with E-state index in [1.54, 1.807) is 12.1 Å². The standard InChI is InChI=1S/C14H13FN2O/c15-10-7-5-9(6-8-10)13-11-3-1-2-4-12(11)14(18)17-16-13/h5-8H,1-4H2,(H,17,18). The van der Waals surface area contributed by atoms with E-state index in [1.807, 2.05) is 0 Å². The predicted molar refractivity (Wildman–Crippen MR) is 66.9 cm³/mol. The number of aromatic nitrogens is 2. The monoisotopic (exact) mass is 244 g/mol. The number of rotatable bonds is 1. The zero-order valence-corrected chi connectivity index (χ0v) is 9.87. The third-order valence-electron chi connectivity index (χ3n) is 3.41. The van der Waals surface area contributed by atoms with Gasteiger partial charge in [-0.15, -0.1) is 0 Å². The van der Waals surface area contributed by atoms with Gasteiger partial charge in [-0.1, -0.05) is 0 Å². The molecule has 0 radical (unpaired) electrons. The first-order chi connectivity index (χ1) is 8.75. The largest absolute Gasteiger partial charge is 0.268 e. The Morgan fingerprint density at radius 3 is 2.44 bits per heavy atom. The summed E-state index contributed by atoms with van der Waals surface area (Å²) in [6.07, 6.45) is 3.80. The van der Waals surface area contributed by atoms with Crippen molar-refractivity contribution in [1.82, 2.24) is 10.2 Å². The Morgan fingerprint density at radius 1 is 1.06 bits per heavy atom. The number of hydrogen-bond donors (Lipinski definition) is 1. The van der Waals surface area contributed by atoms with Crippen LogP contribution in [0.4, 0.5) is 4.39 Å². The van der Waals surface area contributed by atoms with E-state index in [9.17, 15) is 9.18 Å². The van der Waals surface area contributed by atoms with E-state index in [-0.39, 0.29) is 11.4 Å². The quantitative estimate of drug-likeness (QED) is 0.837. The highest BCUT2D eigenvalue weighted by Gasteiger charge is 2.18. The van der Waals surface area contributed by atoms with Crippen molar-refractivity contribution in [2.75, 3.05) is 0 Å². The molecule has 0 saturated heterocycles. The molecule has 3 nitrogen and oxygen atoms in total. The summed E-state index contributed by atoms with van der Waals surface area (Å²) in [7, 11) is 0. The van der Waals surface area contributed by atoms with Crippen LogP contribution in [0.1, 0.15) is 24.0 Å². The molecule has 0 atom stereocenters.